The number of methoxy groups -OCH3 is 4. The zero-order valence-corrected chi connectivity index (χ0v) is 30.3. The summed E-state index contributed by atoms with van der Waals surface area (Å²) in [4.78, 5) is 25.2. The summed E-state index contributed by atoms with van der Waals surface area (Å²) in [6.07, 6.45) is 4.37. The van der Waals surface area contributed by atoms with Crippen LogP contribution in [0.4, 0.5) is 0 Å². The smallest absolute Gasteiger partial charge is 0.267 e. The SMILES string of the molecule is COc1ccc(-c2cc(=O)n(C3CC3)nc2-c2ccc(OC)cc2)cc1.COc1ccc(-c2cc(=O)n(CC3CC3)nc2-c2ccc(OC)cc2)cc1. The second-order valence-electron chi connectivity index (χ2n) is 13.2. The van der Waals surface area contributed by atoms with Gasteiger partial charge in [-0.05, 0) is 116 Å². The van der Waals surface area contributed by atoms with Gasteiger partial charge in [0, 0.05) is 40.9 Å². The van der Waals surface area contributed by atoms with Gasteiger partial charge >= 0.3 is 0 Å². The molecule has 2 saturated carbocycles. The number of aromatic nitrogens is 4. The molecule has 2 aliphatic rings. The first kappa shape index (κ1) is 35.3. The summed E-state index contributed by atoms with van der Waals surface area (Å²) in [7, 11) is 6.56. The Morgan fingerprint density at radius 2 is 0.887 bits per heavy atom. The van der Waals surface area contributed by atoms with Crippen LogP contribution >= 0.6 is 0 Å². The molecular formula is C43H42N4O6. The van der Waals surface area contributed by atoms with Crippen LogP contribution in [0.5, 0.6) is 23.0 Å². The minimum absolute atomic E-state index is 0.0596. The van der Waals surface area contributed by atoms with E-state index in [1.54, 1.807) is 49.9 Å². The summed E-state index contributed by atoms with van der Waals surface area (Å²) in [5.41, 5.74) is 6.87. The van der Waals surface area contributed by atoms with Crippen molar-refractivity contribution in [2.75, 3.05) is 28.4 Å². The molecule has 0 aliphatic heterocycles. The fourth-order valence-electron chi connectivity index (χ4n) is 6.12. The fourth-order valence-corrected chi connectivity index (χ4v) is 6.12. The van der Waals surface area contributed by atoms with Gasteiger partial charge in [0.25, 0.3) is 11.1 Å². The van der Waals surface area contributed by atoms with Crippen molar-refractivity contribution in [3.05, 3.63) is 130 Å². The van der Waals surface area contributed by atoms with E-state index in [1.165, 1.54) is 12.8 Å². The number of rotatable bonds is 11. The Morgan fingerprint density at radius 3 is 1.26 bits per heavy atom. The van der Waals surface area contributed by atoms with Crippen molar-refractivity contribution in [1.29, 1.82) is 0 Å². The van der Waals surface area contributed by atoms with E-state index < -0.39 is 0 Å². The van der Waals surface area contributed by atoms with E-state index in [9.17, 15) is 9.59 Å². The first-order valence-corrected chi connectivity index (χ1v) is 17.7. The lowest BCUT2D eigenvalue weighted by Gasteiger charge is -2.13. The first-order valence-electron chi connectivity index (χ1n) is 17.7. The van der Waals surface area contributed by atoms with Crippen molar-refractivity contribution in [2.45, 2.75) is 38.3 Å². The van der Waals surface area contributed by atoms with E-state index in [0.717, 1.165) is 80.6 Å². The molecule has 0 unspecified atom stereocenters. The molecule has 0 saturated heterocycles. The Balaban J connectivity index is 0.000000164. The van der Waals surface area contributed by atoms with Gasteiger partial charge in [-0.2, -0.15) is 10.2 Å². The zero-order valence-electron chi connectivity index (χ0n) is 30.3. The largest absolute Gasteiger partial charge is 0.497 e. The summed E-state index contributed by atoms with van der Waals surface area (Å²) in [5, 5.41) is 9.44. The molecule has 10 nitrogen and oxygen atoms in total. The van der Waals surface area contributed by atoms with Gasteiger partial charge in [0.2, 0.25) is 0 Å². The van der Waals surface area contributed by atoms with Crippen LogP contribution in [0.3, 0.4) is 0 Å². The summed E-state index contributed by atoms with van der Waals surface area (Å²) in [6.45, 7) is 0.685. The molecule has 0 radical (unpaired) electrons. The highest BCUT2D eigenvalue weighted by molar-refractivity contribution is 5.81. The summed E-state index contributed by atoms with van der Waals surface area (Å²) in [6, 6.07) is 34.5. The Labute approximate surface area is 308 Å². The van der Waals surface area contributed by atoms with Crippen LogP contribution in [0, 0.1) is 5.92 Å². The monoisotopic (exact) mass is 710 g/mol. The van der Waals surface area contributed by atoms with Crippen LogP contribution in [0.1, 0.15) is 31.7 Å². The molecule has 6 aromatic rings. The molecule has 0 atom stereocenters. The average molecular weight is 711 g/mol. The molecule has 270 valence electrons. The van der Waals surface area contributed by atoms with Crippen molar-refractivity contribution in [3.63, 3.8) is 0 Å². The number of benzene rings is 4. The second kappa shape index (κ2) is 15.6. The molecule has 0 spiro atoms. The van der Waals surface area contributed by atoms with Crippen molar-refractivity contribution in [2.24, 2.45) is 5.92 Å². The summed E-state index contributed by atoms with van der Waals surface area (Å²) in [5.74, 6) is 3.70. The molecule has 10 heteroatoms. The fraction of sp³-hybridized carbons (Fsp3) is 0.256. The van der Waals surface area contributed by atoms with Gasteiger partial charge in [0.05, 0.1) is 45.9 Å². The Bertz CT molecular complexity index is 2290. The maximum Gasteiger partial charge on any atom is 0.267 e. The average Bonchev–Trinajstić information content (AvgIpc) is 4.16. The molecule has 4 aromatic carbocycles. The molecule has 53 heavy (non-hydrogen) atoms. The lowest BCUT2D eigenvalue weighted by Crippen LogP contribution is -2.24. The molecule has 0 N–H and O–H groups in total. The quantitative estimate of drug-likeness (QED) is 0.134. The van der Waals surface area contributed by atoms with Crippen LogP contribution in [0.25, 0.3) is 44.8 Å². The summed E-state index contributed by atoms with van der Waals surface area (Å²) < 4.78 is 24.2. The third-order valence-electron chi connectivity index (χ3n) is 9.50. The number of nitrogens with zero attached hydrogens (tertiary/aromatic N) is 4. The standard InChI is InChI=1S/C22H22N2O3.C21H20N2O3/c1-26-18-9-5-16(6-10-18)20-13-21(25)24(14-15-3-4-15)23-22(20)17-7-11-19(27-2)12-8-17;1-25-17-9-3-14(4-10-17)19-13-20(24)23(16-7-8-16)22-21(19)15-5-11-18(26-2)12-6-15/h5-13,15H,3-4,14H2,1-2H3;3-6,9-13,16H,7-8H2,1-2H3. The van der Waals surface area contributed by atoms with Gasteiger partial charge in [-0.1, -0.05) is 24.3 Å². The lowest BCUT2D eigenvalue weighted by atomic mass is 10.00. The van der Waals surface area contributed by atoms with Crippen molar-refractivity contribution < 1.29 is 18.9 Å². The molecule has 2 aromatic heterocycles. The van der Waals surface area contributed by atoms with Gasteiger partial charge in [-0.25, -0.2) is 9.36 Å². The van der Waals surface area contributed by atoms with E-state index in [0.29, 0.717) is 12.5 Å². The number of hydrogen-bond acceptors (Lipinski definition) is 8. The van der Waals surface area contributed by atoms with E-state index in [1.807, 2.05) is 97.1 Å². The maximum atomic E-state index is 12.6. The van der Waals surface area contributed by atoms with E-state index in [2.05, 4.69) is 0 Å². The zero-order chi connectivity index (χ0) is 36.9. The van der Waals surface area contributed by atoms with Crippen molar-refractivity contribution >= 4 is 0 Å². The van der Waals surface area contributed by atoms with Gasteiger partial charge in [0.1, 0.15) is 23.0 Å². The number of ether oxygens (including phenoxy) is 4. The second-order valence-corrected chi connectivity index (χ2v) is 13.2. The molecule has 2 fully saturated rings. The van der Waals surface area contributed by atoms with Gasteiger partial charge in [-0.15, -0.1) is 0 Å². The van der Waals surface area contributed by atoms with Crippen LogP contribution < -0.4 is 30.1 Å². The molecule has 2 heterocycles. The Hall–Kier alpha value is -6.16. The highest BCUT2D eigenvalue weighted by atomic mass is 16.5. The molecule has 8 rings (SSSR count). The van der Waals surface area contributed by atoms with E-state index >= 15 is 0 Å². The maximum absolute atomic E-state index is 12.6. The predicted octanol–water partition coefficient (Wildman–Crippen LogP) is 7.93. The number of hydrogen-bond donors (Lipinski definition) is 0. The van der Waals surface area contributed by atoms with Gasteiger partial charge in [-0.3, -0.25) is 9.59 Å². The minimum atomic E-state index is -0.0648. The topological polar surface area (TPSA) is 107 Å². The normalized spacial score (nSPS) is 13.4. The Morgan fingerprint density at radius 1 is 0.509 bits per heavy atom. The van der Waals surface area contributed by atoms with E-state index in [-0.39, 0.29) is 17.2 Å². The highest BCUT2D eigenvalue weighted by Crippen LogP contribution is 2.37. The van der Waals surface area contributed by atoms with Crippen LogP contribution in [-0.2, 0) is 6.54 Å². The van der Waals surface area contributed by atoms with Crippen LogP contribution in [0.15, 0.2) is 119 Å². The summed E-state index contributed by atoms with van der Waals surface area (Å²) >= 11 is 0. The molecule has 0 amide bonds. The van der Waals surface area contributed by atoms with Crippen molar-refractivity contribution in [3.8, 4) is 67.8 Å². The minimum Gasteiger partial charge on any atom is -0.497 e. The predicted molar refractivity (Wildman–Crippen MR) is 206 cm³/mol. The lowest BCUT2D eigenvalue weighted by molar-refractivity contribution is 0.414. The van der Waals surface area contributed by atoms with Crippen LogP contribution in [-0.4, -0.2) is 48.0 Å². The van der Waals surface area contributed by atoms with Crippen LogP contribution in [0.2, 0.25) is 0 Å². The van der Waals surface area contributed by atoms with Gasteiger partial charge < -0.3 is 18.9 Å². The molecular weight excluding hydrogens is 668 g/mol. The highest BCUT2D eigenvalue weighted by Gasteiger charge is 2.27. The first-order chi connectivity index (χ1) is 25.9. The molecule has 2 aliphatic carbocycles. The van der Waals surface area contributed by atoms with E-state index in [4.69, 9.17) is 29.1 Å². The third kappa shape index (κ3) is 8.17. The molecule has 0 bridgehead atoms. The van der Waals surface area contributed by atoms with Crippen molar-refractivity contribution in [1.82, 2.24) is 19.6 Å². The third-order valence-corrected chi connectivity index (χ3v) is 9.50. The Kier molecular flexibility index (Phi) is 10.4. The van der Waals surface area contributed by atoms with Gasteiger partial charge in [0.15, 0.2) is 0 Å².